The smallest absolute Gasteiger partial charge is 0.101 e. The molecule has 0 fully saturated rings. The molecule has 1 aromatic carbocycles. The van der Waals surface area contributed by atoms with Crippen molar-refractivity contribution in [1.29, 1.82) is 5.26 Å². The third-order valence-corrected chi connectivity index (χ3v) is 3.77. The summed E-state index contributed by atoms with van der Waals surface area (Å²) >= 11 is 1.66. The van der Waals surface area contributed by atoms with Gasteiger partial charge in [-0.05, 0) is 24.6 Å². The SMILES string of the molecule is Cc1ccc(NCC(C)c2nccs2)c(C#N)c1. The molecule has 3 nitrogen and oxygen atoms in total. The van der Waals surface area contributed by atoms with E-state index in [-0.39, 0.29) is 0 Å². The Morgan fingerprint density at radius 2 is 2.33 bits per heavy atom. The minimum Gasteiger partial charge on any atom is -0.383 e. The Morgan fingerprint density at radius 1 is 1.50 bits per heavy atom. The molecule has 1 N–H and O–H groups in total. The van der Waals surface area contributed by atoms with Crippen molar-refractivity contribution < 1.29 is 0 Å². The van der Waals surface area contributed by atoms with Crippen molar-refractivity contribution in [2.45, 2.75) is 19.8 Å². The quantitative estimate of drug-likeness (QED) is 0.911. The van der Waals surface area contributed by atoms with Gasteiger partial charge < -0.3 is 5.32 Å². The molecular formula is C14H15N3S. The summed E-state index contributed by atoms with van der Waals surface area (Å²) in [7, 11) is 0. The Balaban J connectivity index is 2.05. The third-order valence-electron chi connectivity index (χ3n) is 2.77. The molecule has 92 valence electrons. The lowest BCUT2D eigenvalue weighted by Gasteiger charge is -2.12. The molecule has 1 aromatic heterocycles. The lowest BCUT2D eigenvalue weighted by molar-refractivity contribution is 0.795. The Labute approximate surface area is 111 Å². The monoisotopic (exact) mass is 257 g/mol. The topological polar surface area (TPSA) is 48.7 Å². The molecule has 1 atom stereocenters. The highest BCUT2D eigenvalue weighted by Crippen LogP contribution is 2.21. The van der Waals surface area contributed by atoms with Gasteiger partial charge in [0.05, 0.1) is 16.3 Å². The number of thiazole rings is 1. The summed E-state index contributed by atoms with van der Waals surface area (Å²) in [5.74, 6) is 0.345. The zero-order chi connectivity index (χ0) is 13.0. The van der Waals surface area contributed by atoms with Crippen LogP contribution in [0.15, 0.2) is 29.8 Å². The van der Waals surface area contributed by atoms with E-state index < -0.39 is 0 Å². The van der Waals surface area contributed by atoms with Gasteiger partial charge in [-0.3, -0.25) is 0 Å². The zero-order valence-electron chi connectivity index (χ0n) is 10.5. The lowest BCUT2D eigenvalue weighted by Crippen LogP contribution is -2.10. The molecule has 0 aliphatic carbocycles. The molecule has 0 radical (unpaired) electrons. The van der Waals surface area contributed by atoms with Crippen molar-refractivity contribution in [1.82, 2.24) is 4.98 Å². The van der Waals surface area contributed by atoms with E-state index in [4.69, 9.17) is 5.26 Å². The minimum atomic E-state index is 0.345. The van der Waals surface area contributed by atoms with Gasteiger partial charge in [-0.2, -0.15) is 5.26 Å². The summed E-state index contributed by atoms with van der Waals surface area (Å²) < 4.78 is 0. The summed E-state index contributed by atoms with van der Waals surface area (Å²) in [4.78, 5) is 4.30. The zero-order valence-corrected chi connectivity index (χ0v) is 11.3. The van der Waals surface area contributed by atoms with Gasteiger partial charge in [0.2, 0.25) is 0 Å². The number of hydrogen-bond acceptors (Lipinski definition) is 4. The number of nitrogens with zero attached hydrogens (tertiary/aromatic N) is 2. The highest BCUT2D eigenvalue weighted by Gasteiger charge is 2.09. The maximum atomic E-state index is 9.09. The van der Waals surface area contributed by atoms with Crippen molar-refractivity contribution in [3.8, 4) is 6.07 Å². The number of anilines is 1. The van der Waals surface area contributed by atoms with E-state index in [1.165, 1.54) is 0 Å². The molecular weight excluding hydrogens is 242 g/mol. The van der Waals surface area contributed by atoms with Gasteiger partial charge >= 0.3 is 0 Å². The average molecular weight is 257 g/mol. The number of nitrogens with one attached hydrogen (secondary N) is 1. The van der Waals surface area contributed by atoms with Crippen LogP contribution in [0.3, 0.4) is 0 Å². The third kappa shape index (κ3) is 2.88. The molecule has 0 saturated carbocycles. The molecule has 0 spiro atoms. The molecule has 1 unspecified atom stereocenters. The van der Waals surface area contributed by atoms with Gasteiger partial charge in [-0.25, -0.2) is 4.98 Å². The minimum absolute atomic E-state index is 0.345. The number of rotatable bonds is 4. The number of aromatic nitrogens is 1. The molecule has 0 saturated heterocycles. The Morgan fingerprint density at radius 3 is 3.00 bits per heavy atom. The summed E-state index contributed by atoms with van der Waals surface area (Å²) in [6.07, 6.45) is 1.82. The van der Waals surface area contributed by atoms with Crippen molar-refractivity contribution in [3.63, 3.8) is 0 Å². The Bertz CT molecular complexity index is 555. The second-order valence-corrected chi connectivity index (χ2v) is 5.24. The molecule has 2 aromatic rings. The maximum Gasteiger partial charge on any atom is 0.101 e. The second kappa shape index (κ2) is 5.65. The fourth-order valence-electron chi connectivity index (χ4n) is 1.73. The van der Waals surface area contributed by atoms with E-state index in [0.717, 1.165) is 22.8 Å². The summed E-state index contributed by atoms with van der Waals surface area (Å²) in [6, 6.07) is 8.09. The van der Waals surface area contributed by atoms with Crippen molar-refractivity contribution in [3.05, 3.63) is 45.9 Å². The molecule has 18 heavy (non-hydrogen) atoms. The fraction of sp³-hybridized carbons (Fsp3) is 0.286. The van der Waals surface area contributed by atoms with Crippen LogP contribution in [0, 0.1) is 18.3 Å². The van der Waals surface area contributed by atoms with Crippen LogP contribution in [-0.2, 0) is 0 Å². The lowest BCUT2D eigenvalue weighted by atomic mass is 10.1. The largest absolute Gasteiger partial charge is 0.383 e. The van der Waals surface area contributed by atoms with Gasteiger partial charge in [0.25, 0.3) is 0 Å². The van der Waals surface area contributed by atoms with Crippen LogP contribution in [0.25, 0.3) is 0 Å². The van der Waals surface area contributed by atoms with Gasteiger partial charge in [-0.15, -0.1) is 11.3 Å². The maximum absolute atomic E-state index is 9.09. The van der Waals surface area contributed by atoms with Crippen LogP contribution in [0.2, 0.25) is 0 Å². The summed E-state index contributed by atoms with van der Waals surface area (Å²) in [5.41, 5.74) is 2.69. The van der Waals surface area contributed by atoms with Crippen LogP contribution >= 0.6 is 11.3 Å². The van der Waals surface area contributed by atoms with Crippen LogP contribution in [0.1, 0.15) is 29.0 Å². The van der Waals surface area contributed by atoms with Crippen LogP contribution in [0.4, 0.5) is 5.69 Å². The number of hydrogen-bond donors (Lipinski definition) is 1. The van der Waals surface area contributed by atoms with E-state index in [1.54, 1.807) is 11.3 Å². The van der Waals surface area contributed by atoms with Crippen LogP contribution in [-0.4, -0.2) is 11.5 Å². The first-order chi connectivity index (χ1) is 8.70. The average Bonchev–Trinajstić information content (AvgIpc) is 2.90. The van der Waals surface area contributed by atoms with E-state index in [0.29, 0.717) is 11.5 Å². The highest BCUT2D eigenvalue weighted by atomic mass is 32.1. The van der Waals surface area contributed by atoms with Crippen LogP contribution < -0.4 is 5.32 Å². The molecule has 0 amide bonds. The normalized spacial score (nSPS) is 11.8. The molecule has 4 heteroatoms. The molecule has 1 heterocycles. The number of benzene rings is 1. The number of aryl methyl sites for hydroxylation is 1. The van der Waals surface area contributed by atoms with Gasteiger partial charge in [0.15, 0.2) is 0 Å². The van der Waals surface area contributed by atoms with Crippen molar-refractivity contribution >= 4 is 17.0 Å². The van der Waals surface area contributed by atoms with E-state index in [9.17, 15) is 0 Å². The molecule has 2 rings (SSSR count). The second-order valence-electron chi connectivity index (χ2n) is 4.31. The van der Waals surface area contributed by atoms with E-state index in [2.05, 4.69) is 23.3 Å². The Kier molecular flexibility index (Phi) is 3.96. The predicted octanol–water partition coefficient (Wildman–Crippen LogP) is 3.54. The Hall–Kier alpha value is -1.86. The number of nitriles is 1. The predicted molar refractivity (Wildman–Crippen MR) is 74.9 cm³/mol. The van der Waals surface area contributed by atoms with E-state index in [1.807, 2.05) is 36.7 Å². The fourth-order valence-corrected chi connectivity index (χ4v) is 2.43. The summed E-state index contributed by atoms with van der Waals surface area (Å²) in [6.45, 7) is 4.90. The van der Waals surface area contributed by atoms with E-state index >= 15 is 0 Å². The first kappa shape index (κ1) is 12.6. The standard InChI is InChI=1S/C14H15N3S/c1-10-3-4-13(12(7-10)8-15)17-9-11(2)14-16-5-6-18-14/h3-7,11,17H,9H2,1-2H3. The first-order valence-electron chi connectivity index (χ1n) is 5.84. The first-order valence-corrected chi connectivity index (χ1v) is 6.72. The van der Waals surface area contributed by atoms with Crippen molar-refractivity contribution in [2.24, 2.45) is 0 Å². The van der Waals surface area contributed by atoms with Gasteiger partial charge in [-0.1, -0.05) is 13.0 Å². The molecule has 0 aliphatic rings. The van der Waals surface area contributed by atoms with Crippen molar-refractivity contribution in [2.75, 3.05) is 11.9 Å². The highest BCUT2D eigenvalue weighted by molar-refractivity contribution is 7.09. The van der Waals surface area contributed by atoms with Gasteiger partial charge in [0, 0.05) is 24.0 Å². The molecule has 0 aliphatic heterocycles. The van der Waals surface area contributed by atoms with Gasteiger partial charge in [0.1, 0.15) is 6.07 Å². The van der Waals surface area contributed by atoms with Crippen LogP contribution in [0.5, 0.6) is 0 Å². The molecule has 0 bridgehead atoms. The summed E-state index contributed by atoms with van der Waals surface area (Å²) in [5, 5.41) is 15.5.